The number of hydrazine groups is 1. The molecule has 0 amide bonds. The molecule has 2 aromatic carbocycles. The van der Waals surface area contributed by atoms with Gasteiger partial charge in [0, 0.05) is 0 Å². The first-order chi connectivity index (χ1) is 9.28. The van der Waals surface area contributed by atoms with E-state index >= 15 is 0 Å². The van der Waals surface area contributed by atoms with E-state index < -0.39 is 0 Å². The van der Waals surface area contributed by atoms with Crippen LogP contribution in [0.4, 0.5) is 4.39 Å². The van der Waals surface area contributed by atoms with Crippen LogP contribution in [0.15, 0.2) is 54.6 Å². The van der Waals surface area contributed by atoms with Crippen LogP contribution < -0.4 is 16.0 Å². The molecule has 0 fully saturated rings. The van der Waals surface area contributed by atoms with E-state index in [2.05, 4.69) is 5.43 Å². The smallest absolute Gasteiger partial charge is 0.123 e. The van der Waals surface area contributed by atoms with E-state index in [1.165, 1.54) is 12.1 Å². The van der Waals surface area contributed by atoms with E-state index in [1.807, 2.05) is 30.3 Å². The molecule has 0 radical (unpaired) electrons. The first-order valence-corrected chi connectivity index (χ1v) is 6.16. The number of nitrogens with two attached hydrogens (primary N) is 1. The highest BCUT2D eigenvalue weighted by molar-refractivity contribution is 5.21. The lowest BCUT2D eigenvalue weighted by molar-refractivity contribution is 0.264. The maximum atomic E-state index is 12.8. The second-order valence-corrected chi connectivity index (χ2v) is 4.32. The predicted molar refractivity (Wildman–Crippen MR) is 73.2 cm³/mol. The Bertz CT molecular complexity index is 487. The number of hydrogen-bond acceptors (Lipinski definition) is 3. The minimum atomic E-state index is -0.235. The van der Waals surface area contributed by atoms with E-state index in [-0.39, 0.29) is 11.9 Å². The summed E-state index contributed by atoms with van der Waals surface area (Å²) in [5, 5.41) is 0. The topological polar surface area (TPSA) is 47.3 Å². The molecule has 0 spiro atoms. The van der Waals surface area contributed by atoms with Crippen LogP contribution in [0.1, 0.15) is 5.56 Å². The van der Waals surface area contributed by atoms with Crippen molar-refractivity contribution in [1.82, 2.24) is 5.43 Å². The third-order valence-corrected chi connectivity index (χ3v) is 2.83. The minimum Gasteiger partial charge on any atom is -0.492 e. The molecule has 0 saturated heterocycles. The first kappa shape index (κ1) is 13.5. The predicted octanol–water partition coefficient (Wildman–Crippen LogP) is 2.28. The molecular formula is C15H17FN2O. The van der Waals surface area contributed by atoms with Gasteiger partial charge in [0.1, 0.15) is 18.2 Å². The van der Waals surface area contributed by atoms with E-state index in [0.29, 0.717) is 13.0 Å². The number of hydrogen-bond donors (Lipinski definition) is 2. The first-order valence-electron chi connectivity index (χ1n) is 6.16. The van der Waals surface area contributed by atoms with Crippen molar-refractivity contribution in [3.8, 4) is 5.75 Å². The molecule has 3 nitrogen and oxygen atoms in total. The molecule has 0 aliphatic heterocycles. The van der Waals surface area contributed by atoms with Crippen LogP contribution in [0, 0.1) is 5.82 Å². The van der Waals surface area contributed by atoms with Crippen molar-refractivity contribution < 1.29 is 9.13 Å². The zero-order valence-electron chi connectivity index (χ0n) is 10.6. The molecule has 100 valence electrons. The Morgan fingerprint density at radius 3 is 2.37 bits per heavy atom. The Kier molecular flexibility index (Phi) is 4.89. The van der Waals surface area contributed by atoms with Gasteiger partial charge >= 0.3 is 0 Å². The number of para-hydroxylation sites is 1. The van der Waals surface area contributed by atoms with Crippen molar-refractivity contribution in [2.24, 2.45) is 5.84 Å². The second kappa shape index (κ2) is 6.87. The van der Waals surface area contributed by atoms with E-state index in [9.17, 15) is 4.39 Å². The van der Waals surface area contributed by atoms with Crippen molar-refractivity contribution in [2.75, 3.05) is 6.61 Å². The van der Waals surface area contributed by atoms with Crippen molar-refractivity contribution in [1.29, 1.82) is 0 Å². The van der Waals surface area contributed by atoms with Crippen molar-refractivity contribution in [2.45, 2.75) is 12.5 Å². The monoisotopic (exact) mass is 260 g/mol. The van der Waals surface area contributed by atoms with Crippen LogP contribution in [0.25, 0.3) is 0 Å². The van der Waals surface area contributed by atoms with Gasteiger partial charge in [0.25, 0.3) is 0 Å². The van der Waals surface area contributed by atoms with Gasteiger partial charge in [0.15, 0.2) is 0 Å². The van der Waals surface area contributed by atoms with Gasteiger partial charge in [-0.15, -0.1) is 0 Å². The number of rotatable bonds is 6. The van der Waals surface area contributed by atoms with Crippen LogP contribution in [-0.4, -0.2) is 12.6 Å². The van der Waals surface area contributed by atoms with Gasteiger partial charge in [-0.25, -0.2) is 4.39 Å². The molecule has 1 atom stereocenters. The lowest BCUT2D eigenvalue weighted by Gasteiger charge is -2.16. The average Bonchev–Trinajstić information content (AvgIpc) is 2.46. The number of ether oxygens (including phenoxy) is 1. The zero-order chi connectivity index (χ0) is 13.5. The maximum Gasteiger partial charge on any atom is 0.123 e. The number of nitrogens with one attached hydrogen (secondary N) is 1. The van der Waals surface area contributed by atoms with Crippen LogP contribution in [0.2, 0.25) is 0 Å². The summed E-state index contributed by atoms with van der Waals surface area (Å²) in [6.07, 6.45) is 0.684. The standard InChI is InChI=1S/C15H17FN2O/c16-13-8-6-12(7-9-13)10-14(18-17)11-19-15-4-2-1-3-5-15/h1-9,14,18H,10-11,17H2. The molecule has 1 unspecified atom stereocenters. The fourth-order valence-corrected chi connectivity index (χ4v) is 1.78. The molecule has 0 aliphatic rings. The zero-order valence-corrected chi connectivity index (χ0v) is 10.6. The Morgan fingerprint density at radius 1 is 1.05 bits per heavy atom. The molecule has 0 saturated carbocycles. The van der Waals surface area contributed by atoms with Gasteiger partial charge in [0.2, 0.25) is 0 Å². The SMILES string of the molecule is NNC(COc1ccccc1)Cc1ccc(F)cc1. The molecule has 4 heteroatoms. The summed E-state index contributed by atoms with van der Waals surface area (Å²) in [4.78, 5) is 0. The Hall–Kier alpha value is -1.91. The molecule has 0 bridgehead atoms. The fourth-order valence-electron chi connectivity index (χ4n) is 1.78. The van der Waals surface area contributed by atoms with Crippen LogP contribution in [0.3, 0.4) is 0 Å². The van der Waals surface area contributed by atoms with Crippen LogP contribution in [0.5, 0.6) is 5.75 Å². The molecule has 0 heterocycles. The van der Waals surface area contributed by atoms with Gasteiger partial charge in [-0.05, 0) is 36.2 Å². The van der Waals surface area contributed by atoms with E-state index in [1.54, 1.807) is 12.1 Å². The highest BCUT2D eigenvalue weighted by atomic mass is 19.1. The highest BCUT2D eigenvalue weighted by Gasteiger charge is 2.09. The lowest BCUT2D eigenvalue weighted by Crippen LogP contribution is -2.41. The summed E-state index contributed by atoms with van der Waals surface area (Å²) in [5.41, 5.74) is 3.73. The minimum absolute atomic E-state index is 0.0225. The summed E-state index contributed by atoms with van der Waals surface area (Å²) in [6, 6.07) is 15.9. The maximum absolute atomic E-state index is 12.8. The summed E-state index contributed by atoms with van der Waals surface area (Å²) in [6.45, 7) is 0.456. The Balaban J connectivity index is 1.88. The Labute approximate surface area is 112 Å². The summed E-state index contributed by atoms with van der Waals surface area (Å²) >= 11 is 0. The number of halogens is 1. The van der Waals surface area contributed by atoms with Gasteiger partial charge in [-0.1, -0.05) is 30.3 Å². The molecule has 0 aromatic heterocycles. The lowest BCUT2D eigenvalue weighted by atomic mass is 10.1. The van der Waals surface area contributed by atoms with Crippen molar-refractivity contribution >= 4 is 0 Å². The van der Waals surface area contributed by atoms with Gasteiger partial charge in [-0.3, -0.25) is 11.3 Å². The van der Waals surface area contributed by atoms with Crippen LogP contribution >= 0.6 is 0 Å². The molecule has 3 N–H and O–H groups in total. The van der Waals surface area contributed by atoms with Crippen molar-refractivity contribution in [3.63, 3.8) is 0 Å². The summed E-state index contributed by atoms with van der Waals surface area (Å²) in [5.74, 6) is 6.08. The summed E-state index contributed by atoms with van der Waals surface area (Å²) in [7, 11) is 0. The van der Waals surface area contributed by atoms with E-state index in [4.69, 9.17) is 10.6 Å². The molecule has 2 rings (SSSR count). The Morgan fingerprint density at radius 2 is 1.74 bits per heavy atom. The molecule has 2 aromatic rings. The third-order valence-electron chi connectivity index (χ3n) is 2.83. The van der Waals surface area contributed by atoms with Crippen molar-refractivity contribution in [3.05, 3.63) is 66.0 Å². The van der Waals surface area contributed by atoms with Gasteiger partial charge in [0.05, 0.1) is 6.04 Å². The molecular weight excluding hydrogens is 243 g/mol. The highest BCUT2D eigenvalue weighted by Crippen LogP contribution is 2.10. The second-order valence-electron chi connectivity index (χ2n) is 4.32. The molecule has 19 heavy (non-hydrogen) atoms. The van der Waals surface area contributed by atoms with Gasteiger partial charge < -0.3 is 4.74 Å². The third kappa shape index (κ3) is 4.35. The van der Waals surface area contributed by atoms with E-state index in [0.717, 1.165) is 11.3 Å². The fraction of sp³-hybridized carbons (Fsp3) is 0.200. The van der Waals surface area contributed by atoms with Gasteiger partial charge in [-0.2, -0.15) is 0 Å². The summed E-state index contributed by atoms with van der Waals surface area (Å²) < 4.78 is 18.4. The largest absolute Gasteiger partial charge is 0.492 e. The van der Waals surface area contributed by atoms with Crippen LogP contribution in [-0.2, 0) is 6.42 Å². The number of benzene rings is 2. The quantitative estimate of drug-likeness (QED) is 0.619. The normalized spacial score (nSPS) is 12.1. The molecule has 0 aliphatic carbocycles. The average molecular weight is 260 g/mol.